The van der Waals surface area contributed by atoms with Gasteiger partial charge < -0.3 is 9.74 Å². The Labute approximate surface area is 154 Å². The van der Waals surface area contributed by atoms with Gasteiger partial charge in [-0.3, -0.25) is 4.98 Å². The smallest absolute Gasteiger partial charge is 0.183 e. The molecule has 2 atom stereocenters. The van der Waals surface area contributed by atoms with Crippen LogP contribution in [-0.2, 0) is 10.8 Å². The maximum absolute atomic E-state index is 6.20. The highest BCUT2D eigenvalue weighted by Crippen LogP contribution is 2.19. The third-order valence-corrected chi connectivity index (χ3v) is 5.28. The number of pyridine rings is 1. The molecule has 25 heavy (non-hydrogen) atoms. The van der Waals surface area contributed by atoms with Crippen LogP contribution in [-0.4, -0.2) is 26.0 Å². The van der Waals surface area contributed by atoms with Gasteiger partial charge in [0.15, 0.2) is 8.32 Å². The number of hydrogen-bond acceptors (Lipinski definition) is 3. The molecule has 0 aliphatic rings. The molecular formula is C21H32N2OSi. The van der Waals surface area contributed by atoms with E-state index in [0.29, 0.717) is 12.0 Å². The number of benzene rings is 1. The molecule has 1 aromatic heterocycles. The summed E-state index contributed by atoms with van der Waals surface area (Å²) in [6.45, 7) is 12.0. The van der Waals surface area contributed by atoms with Crippen LogP contribution >= 0.6 is 0 Å². The van der Waals surface area contributed by atoms with Crippen LogP contribution in [0.25, 0.3) is 0 Å². The minimum absolute atomic E-state index is 0.182. The molecule has 0 aliphatic carbocycles. The normalized spacial score (nSPS) is 14.5. The molecular weight excluding hydrogens is 324 g/mol. The van der Waals surface area contributed by atoms with Crippen molar-refractivity contribution in [2.24, 2.45) is 5.92 Å². The van der Waals surface area contributed by atoms with E-state index in [1.807, 2.05) is 12.3 Å². The Hall–Kier alpha value is -1.49. The number of nitrogens with zero attached hydrogens (tertiary/aromatic N) is 1. The Balaban J connectivity index is 2.15. The highest BCUT2D eigenvalue weighted by atomic mass is 28.4. The summed E-state index contributed by atoms with van der Waals surface area (Å²) in [5, 5.41) is 3.83. The SMILES string of the molecule is CC(C)[C@@H](CO[Si](C)(C)C)N[C@@H](Cc1ccccc1)c1ccccn1. The molecule has 0 fully saturated rings. The van der Waals surface area contributed by atoms with Crippen molar-refractivity contribution in [2.75, 3.05) is 6.61 Å². The molecule has 0 bridgehead atoms. The molecule has 0 radical (unpaired) electrons. The van der Waals surface area contributed by atoms with E-state index < -0.39 is 8.32 Å². The monoisotopic (exact) mass is 356 g/mol. The highest BCUT2D eigenvalue weighted by molar-refractivity contribution is 6.69. The Bertz CT molecular complexity index is 611. The molecule has 1 heterocycles. The van der Waals surface area contributed by atoms with Gasteiger partial charge in [-0.25, -0.2) is 0 Å². The van der Waals surface area contributed by atoms with Gasteiger partial charge >= 0.3 is 0 Å². The third-order valence-electron chi connectivity index (χ3n) is 4.24. The molecule has 1 aromatic carbocycles. The van der Waals surface area contributed by atoms with Gasteiger partial charge in [0.2, 0.25) is 0 Å². The van der Waals surface area contributed by atoms with Crippen LogP contribution in [0, 0.1) is 5.92 Å². The van der Waals surface area contributed by atoms with E-state index in [9.17, 15) is 0 Å². The van der Waals surface area contributed by atoms with Crippen LogP contribution in [0.2, 0.25) is 19.6 Å². The fourth-order valence-corrected chi connectivity index (χ4v) is 3.39. The molecule has 0 spiro atoms. The Morgan fingerprint density at radius 2 is 1.68 bits per heavy atom. The Kier molecular flexibility index (Phi) is 7.35. The predicted molar refractivity (Wildman–Crippen MR) is 108 cm³/mol. The van der Waals surface area contributed by atoms with E-state index in [-0.39, 0.29) is 6.04 Å². The average molecular weight is 357 g/mol. The number of aromatic nitrogens is 1. The largest absolute Gasteiger partial charge is 0.416 e. The van der Waals surface area contributed by atoms with Crippen LogP contribution in [0.4, 0.5) is 0 Å². The molecule has 0 aliphatic heterocycles. The van der Waals surface area contributed by atoms with E-state index in [0.717, 1.165) is 18.7 Å². The molecule has 0 unspecified atom stereocenters. The number of hydrogen-bond donors (Lipinski definition) is 1. The minimum Gasteiger partial charge on any atom is -0.416 e. The first-order valence-corrected chi connectivity index (χ1v) is 12.6. The summed E-state index contributed by atoms with van der Waals surface area (Å²) in [7, 11) is -1.53. The van der Waals surface area contributed by atoms with E-state index in [1.54, 1.807) is 0 Å². The first kappa shape index (κ1) is 19.8. The van der Waals surface area contributed by atoms with Crippen LogP contribution in [0.3, 0.4) is 0 Å². The van der Waals surface area contributed by atoms with Gasteiger partial charge in [-0.2, -0.15) is 0 Å². The average Bonchev–Trinajstić information content (AvgIpc) is 2.58. The number of nitrogens with one attached hydrogen (secondary N) is 1. The van der Waals surface area contributed by atoms with Gasteiger partial charge in [0.05, 0.1) is 11.7 Å². The Morgan fingerprint density at radius 3 is 2.24 bits per heavy atom. The lowest BCUT2D eigenvalue weighted by Gasteiger charge is -2.30. The molecule has 136 valence electrons. The van der Waals surface area contributed by atoms with Crippen LogP contribution in [0.5, 0.6) is 0 Å². The van der Waals surface area contributed by atoms with E-state index in [1.165, 1.54) is 5.56 Å². The summed E-state index contributed by atoms with van der Waals surface area (Å²) in [5.74, 6) is 0.498. The zero-order valence-corrected chi connectivity index (χ0v) is 17.2. The summed E-state index contributed by atoms with van der Waals surface area (Å²) in [5.41, 5.74) is 2.41. The predicted octanol–water partition coefficient (Wildman–Crippen LogP) is 4.83. The fourth-order valence-electron chi connectivity index (χ4n) is 2.71. The van der Waals surface area contributed by atoms with Crippen molar-refractivity contribution in [3.63, 3.8) is 0 Å². The zero-order chi connectivity index (χ0) is 18.3. The van der Waals surface area contributed by atoms with Crippen molar-refractivity contribution in [3.8, 4) is 0 Å². The molecule has 1 N–H and O–H groups in total. The van der Waals surface area contributed by atoms with Crippen molar-refractivity contribution < 1.29 is 4.43 Å². The van der Waals surface area contributed by atoms with E-state index >= 15 is 0 Å². The maximum Gasteiger partial charge on any atom is 0.183 e. The van der Waals surface area contributed by atoms with Crippen molar-refractivity contribution >= 4 is 8.32 Å². The topological polar surface area (TPSA) is 34.1 Å². The van der Waals surface area contributed by atoms with Crippen LogP contribution in [0.1, 0.15) is 31.1 Å². The highest BCUT2D eigenvalue weighted by Gasteiger charge is 2.24. The van der Waals surface area contributed by atoms with Crippen molar-refractivity contribution in [1.82, 2.24) is 10.3 Å². The first-order valence-electron chi connectivity index (χ1n) is 9.20. The lowest BCUT2D eigenvalue weighted by Crippen LogP contribution is -2.44. The van der Waals surface area contributed by atoms with Crippen LogP contribution < -0.4 is 5.32 Å². The molecule has 0 amide bonds. The Morgan fingerprint density at radius 1 is 1.00 bits per heavy atom. The molecule has 3 nitrogen and oxygen atoms in total. The van der Waals surface area contributed by atoms with E-state index in [2.05, 4.69) is 86.3 Å². The molecule has 0 saturated carbocycles. The van der Waals surface area contributed by atoms with Gasteiger partial charge in [-0.05, 0) is 49.7 Å². The summed E-state index contributed by atoms with van der Waals surface area (Å²) in [6.07, 6.45) is 2.80. The first-order chi connectivity index (χ1) is 11.8. The lowest BCUT2D eigenvalue weighted by atomic mass is 9.98. The van der Waals surface area contributed by atoms with Gasteiger partial charge in [-0.15, -0.1) is 0 Å². The van der Waals surface area contributed by atoms with Crippen molar-refractivity contribution in [3.05, 3.63) is 66.0 Å². The molecule has 2 rings (SSSR count). The minimum atomic E-state index is -1.53. The second-order valence-electron chi connectivity index (χ2n) is 7.94. The lowest BCUT2D eigenvalue weighted by molar-refractivity contribution is 0.210. The summed E-state index contributed by atoms with van der Waals surface area (Å²) < 4.78 is 6.20. The maximum atomic E-state index is 6.20. The second kappa shape index (κ2) is 9.27. The fraction of sp³-hybridized carbons (Fsp3) is 0.476. The van der Waals surface area contributed by atoms with E-state index in [4.69, 9.17) is 4.43 Å². The van der Waals surface area contributed by atoms with Gasteiger partial charge in [0, 0.05) is 18.8 Å². The van der Waals surface area contributed by atoms with Crippen LogP contribution in [0.15, 0.2) is 54.7 Å². The zero-order valence-electron chi connectivity index (χ0n) is 16.2. The van der Waals surface area contributed by atoms with Crippen molar-refractivity contribution in [2.45, 2.75) is 52.0 Å². The van der Waals surface area contributed by atoms with Gasteiger partial charge in [-0.1, -0.05) is 50.2 Å². The molecule has 0 saturated heterocycles. The van der Waals surface area contributed by atoms with Gasteiger partial charge in [0.25, 0.3) is 0 Å². The molecule has 4 heteroatoms. The quantitative estimate of drug-likeness (QED) is 0.653. The number of rotatable bonds is 9. The summed E-state index contributed by atoms with van der Waals surface area (Å²) in [6, 6.07) is 17.2. The van der Waals surface area contributed by atoms with Gasteiger partial charge in [0.1, 0.15) is 0 Å². The standard InChI is InChI=1S/C21H32N2OSi/c1-17(2)21(16-24-25(3,4)5)23-20(19-13-9-10-14-22-19)15-18-11-7-6-8-12-18/h6-14,17,20-21,23H,15-16H2,1-5H3/t20-,21+/m0/s1. The van der Waals surface area contributed by atoms with Crippen molar-refractivity contribution in [1.29, 1.82) is 0 Å². The second-order valence-corrected chi connectivity index (χ2v) is 12.5. The summed E-state index contributed by atoms with van der Waals surface area (Å²) in [4.78, 5) is 4.60. The summed E-state index contributed by atoms with van der Waals surface area (Å²) >= 11 is 0. The molecule has 2 aromatic rings. The third kappa shape index (κ3) is 7.10.